The molecule has 56 heavy (non-hydrogen) atoms. The molecule has 3 amide bonds. The highest BCUT2D eigenvalue weighted by Gasteiger charge is 2.31. The third-order valence-corrected chi connectivity index (χ3v) is 8.45. The number of amides is 3. The van der Waals surface area contributed by atoms with Gasteiger partial charge in [-0.15, -0.1) is 0 Å². The first-order valence-corrected chi connectivity index (χ1v) is 18.5. The number of carbonyl (C=O) groups excluding carboxylic acids is 6. The normalized spacial score (nSPS) is 12.8. The Bertz CT molecular complexity index is 1390. The first kappa shape index (κ1) is 50.5. The summed E-state index contributed by atoms with van der Waals surface area (Å²) in [5.41, 5.74) is 43.5. The predicted molar refractivity (Wildman–Crippen MR) is 215 cm³/mol. The van der Waals surface area contributed by atoms with Crippen LogP contribution in [0.5, 0.6) is 0 Å². The molecule has 0 saturated heterocycles. The van der Waals surface area contributed by atoms with E-state index in [9.17, 15) is 28.8 Å². The van der Waals surface area contributed by atoms with E-state index < -0.39 is 41.5 Å². The maximum atomic E-state index is 14.0. The van der Waals surface area contributed by atoms with Crippen molar-refractivity contribution in [3.05, 3.63) is 0 Å². The molecule has 0 aliphatic rings. The van der Waals surface area contributed by atoms with Crippen LogP contribution in [0.15, 0.2) is 20.0 Å². The summed E-state index contributed by atoms with van der Waals surface area (Å²) in [5, 5.41) is 5.53. The van der Waals surface area contributed by atoms with Crippen molar-refractivity contribution in [3.63, 3.8) is 0 Å². The van der Waals surface area contributed by atoms with Crippen LogP contribution < -0.4 is 56.5 Å². The number of hydrogen-bond acceptors (Lipinski definition) is 11. The van der Waals surface area contributed by atoms with Crippen LogP contribution in [-0.4, -0.2) is 129 Å². The van der Waals surface area contributed by atoms with Gasteiger partial charge in [0.2, 0.25) is 17.7 Å². The monoisotopic (exact) mass is 796 g/mol. The van der Waals surface area contributed by atoms with Crippen molar-refractivity contribution in [2.45, 2.75) is 90.1 Å². The molecule has 0 aliphatic carbocycles. The predicted octanol–water partition coefficient (Wildman–Crippen LogP) is -3.59. The molecule has 318 valence electrons. The van der Waals surface area contributed by atoms with Gasteiger partial charge in [0.05, 0.1) is 25.2 Å². The van der Waals surface area contributed by atoms with Crippen LogP contribution in [0.2, 0.25) is 0 Å². The number of rotatable bonds is 31. The Hall–Kier alpha value is -5.54. The lowest BCUT2D eigenvalue weighted by Crippen LogP contribution is -2.47. The fourth-order valence-electron chi connectivity index (χ4n) is 5.51. The molecule has 0 aromatic rings. The van der Waals surface area contributed by atoms with Crippen LogP contribution in [0.4, 0.5) is 0 Å². The number of ether oxygens (including phenoxy) is 1. The third-order valence-electron chi connectivity index (χ3n) is 8.45. The van der Waals surface area contributed by atoms with Gasteiger partial charge >= 0.3 is 0 Å². The summed E-state index contributed by atoms with van der Waals surface area (Å²) in [7, 11) is 1.47. The first-order valence-electron chi connectivity index (χ1n) is 18.5. The SMILES string of the molecule is COCCN(CC(=O)CC(CCCN=C(N)N)C(=O)NC(CCCN=C(N)N)C(=O)CC(CCCN=C(N)N)C(=O)NC(CCCN=C(N)N)C(C)=O)C(C)=O. The smallest absolute Gasteiger partial charge is 0.224 e. The summed E-state index contributed by atoms with van der Waals surface area (Å²) in [6.07, 6.45) is 1.44. The Labute approximate surface area is 328 Å². The summed E-state index contributed by atoms with van der Waals surface area (Å²) in [6.45, 7) is 3.55. The zero-order valence-electron chi connectivity index (χ0n) is 33.0. The fraction of sp³-hybridized carbons (Fsp3) is 0.706. The Kier molecular flexibility index (Phi) is 26.0. The molecule has 22 heteroatoms. The molecule has 0 saturated carbocycles. The van der Waals surface area contributed by atoms with Crippen molar-refractivity contribution in [2.75, 3.05) is 53.0 Å². The molecular weight excluding hydrogens is 730 g/mol. The van der Waals surface area contributed by atoms with Gasteiger partial charge in [0.15, 0.2) is 41.2 Å². The van der Waals surface area contributed by atoms with Crippen LogP contribution in [0, 0.1) is 11.8 Å². The molecule has 22 nitrogen and oxygen atoms in total. The van der Waals surface area contributed by atoms with E-state index in [1.165, 1.54) is 25.9 Å². The highest BCUT2D eigenvalue weighted by atomic mass is 16.5. The van der Waals surface area contributed by atoms with E-state index in [1.807, 2.05) is 0 Å². The van der Waals surface area contributed by atoms with Gasteiger partial charge in [-0.2, -0.15) is 0 Å². The minimum Gasteiger partial charge on any atom is -0.383 e. The highest BCUT2D eigenvalue weighted by molar-refractivity contribution is 5.95. The maximum Gasteiger partial charge on any atom is 0.224 e. The summed E-state index contributed by atoms with van der Waals surface area (Å²) < 4.78 is 5.04. The second kappa shape index (κ2) is 28.8. The second-order valence-corrected chi connectivity index (χ2v) is 13.3. The molecule has 0 aromatic heterocycles. The Morgan fingerprint density at radius 3 is 1.38 bits per heavy atom. The molecule has 0 aromatic carbocycles. The van der Waals surface area contributed by atoms with Crippen molar-refractivity contribution in [1.82, 2.24) is 15.5 Å². The van der Waals surface area contributed by atoms with E-state index in [2.05, 4.69) is 30.6 Å². The molecule has 0 fully saturated rings. The zero-order valence-corrected chi connectivity index (χ0v) is 33.0. The van der Waals surface area contributed by atoms with Gasteiger partial charge in [-0.1, -0.05) is 0 Å². The van der Waals surface area contributed by atoms with E-state index in [1.54, 1.807) is 0 Å². The second-order valence-electron chi connectivity index (χ2n) is 13.3. The van der Waals surface area contributed by atoms with Crippen molar-refractivity contribution >= 4 is 58.9 Å². The minimum absolute atomic E-state index is 0.0916. The lowest BCUT2D eigenvalue weighted by atomic mass is 9.90. The number of Topliss-reactive ketones (excluding diaryl/α,β-unsaturated/α-hetero) is 3. The van der Waals surface area contributed by atoms with Crippen LogP contribution in [-0.2, 0) is 33.5 Å². The number of nitrogens with zero attached hydrogens (tertiary/aromatic N) is 5. The molecule has 18 N–H and O–H groups in total. The number of hydrogen-bond donors (Lipinski definition) is 10. The first-order chi connectivity index (χ1) is 26.4. The largest absolute Gasteiger partial charge is 0.383 e. The lowest BCUT2D eigenvalue weighted by Gasteiger charge is -2.25. The zero-order chi connectivity index (χ0) is 42.6. The molecule has 0 aliphatic heterocycles. The number of methoxy groups -OCH3 is 1. The number of ketones is 3. The van der Waals surface area contributed by atoms with Crippen molar-refractivity contribution < 1.29 is 33.5 Å². The number of aliphatic imine (C=N–C) groups is 4. The van der Waals surface area contributed by atoms with Crippen LogP contribution in [0.1, 0.15) is 78.1 Å². The Balaban J connectivity index is 6.41. The number of carbonyl (C=O) groups is 6. The standard InChI is InChI=1S/C34H65N15O7/c1-21(50)26(10-6-14-45-33(39)40)47-30(55)24(9-5-13-44-32(37)38)19-28(53)27(11-7-15-46-34(41)42)48-29(54)23(8-4-12-43-31(35)36)18-25(52)20-49(22(2)51)16-17-56-3/h23-24,26-27H,4-20H2,1-3H3,(H,47,55)(H,48,54)(H4,35,36,43)(H4,37,38,44)(H4,39,40,45)(H4,41,42,46). The highest BCUT2D eigenvalue weighted by Crippen LogP contribution is 2.19. The number of nitrogens with one attached hydrogen (secondary N) is 2. The molecule has 0 heterocycles. The number of nitrogens with two attached hydrogens (primary N) is 8. The quantitative estimate of drug-likeness (QED) is 0.0184. The molecule has 4 unspecified atom stereocenters. The Morgan fingerprint density at radius 1 is 0.589 bits per heavy atom. The van der Waals surface area contributed by atoms with E-state index in [0.29, 0.717) is 19.3 Å². The van der Waals surface area contributed by atoms with Gasteiger partial charge in [-0.05, 0) is 58.3 Å². The minimum atomic E-state index is -1.11. The topological polar surface area (TPSA) is 397 Å². The summed E-state index contributed by atoms with van der Waals surface area (Å²) >= 11 is 0. The summed E-state index contributed by atoms with van der Waals surface area (Å²) in [6, 6.07) is -1.98. The fourth-order valence-corrected chi connectivity index (χ4v) is 5.51. The van der Waals surface area contributed by atoms with Gasteiger partial charge in [0.1, 0.15) is 0 Å². The van der Waals surface area contributed by atoms with E-state index >= 15 is 0 Å². The van der Waals surface area contributed by atoms with E-state index in [0.717, 1.165) is 0 Å². The van der Waals surface area contributed by atoms with Gasteiger partial charge in [-0.25, -0.2) is 0 Å². The third kappa shape index (κ3) is 24.7. The summed E-state index contributed by atoms with van der Waals surface area (Å²) in [4.78, 5) is 96.5. The van der Waals surface area contributed by atoms with Crippen LogP contribution in [0.3, 0.4) is 0 Å². The van der Waals surface area contributed by atoms with E-state index in [4.69, 9.17) is 50.6 Å². The van der Waals surface area contributed by atoms with Crippen molar-refractivity contribution in [1.29, 1.82) is 0 Å². The molecule has 0 spiro atoms. The van der Waals surface area contributed by atoms with Gasteiger partial charge in [0.25, 0.3) is 0 Å². The van der Waals surface area contributed by atoms with Crippen molar-refractivity contribution in [2.24, 2.45) is 77.7 Å². The molecule has 0 bridgehead atoms. The van der Waals surface area contributed by atoms with Gasteiger partial charge in [-0.3, -0.25) is 48.7 Å². The average Bonchev–Trinajstić information content (AvgIpc) is 3.10. The average molecular weight is 796 g/mol. The summed E-state index contributed by atoms with van der Waals surface area (Å²) in [5.74, 6) is -5.05. The molecule has 4 atom stereocenters. The van der Waals surface area contributed by atoms with Crippen molar-refractivity contribution in [3.8, 4) is 0 Å². The lowest BCUT2D eigenvalue weighted by molar-refractivity contribution is -0.136. The van der Waals surface area contributed by atoms with E-state index in [-0.39, 0.29) is 132 Å². The molecule has 0 rings (SSSR count). The van der Waals surface area contributed by atoms with Gasteiger partial charge < -0.3 is 66.1 Å². The number of guanidine groups is 4. The molecular formula is C34H65N15O7. The maximum absolute atomic E-state index is 14.0. The van der Waals surface area contributed by atoms with Crippen LogP contribution in [0.25, 0.3) is 0 Å². The van der Waals surface area contributed by atoms with Crippen LogP contribution >= 0.6 is 0 Å². The van der Waals surface area contributed by atoms with Gasteiger partial charge in [0, 0.05) is 71.4 Å². The Morgan fingerprint density at radius 2 is 0.982 bits per heavy atom. The molecule has 0 radical (unpaired) electrons.